The summed E-state index contributed by atoms with van der Waals surface area (Å²) in [7, 11) is 0. The summed E-state index contributed by atoms with van der Waals surface area (Å²) in [6, 6.07) is 9.67. The fourth-order valence-electron chi connectivity index (χ4n) is 2.97. The van der Waals surface area contributed by atoms with Crippen molar-refractivity contribution < 1.29 is 0 Å². The maximum atomic E-state index is 3.64. The maximum absolute atomic E-state index is 3.64. The van der Waals surface area contributed by atoms with Gasteiger partial charge in [0.05, 0.1) is 0 Å². The highest BCUT2D eigenvalue weighted by atomic mass is 15.2. The third kappa shape index (κ3) is 4.07. The Bertz CT molecular complexity index is 396. The molecule has 0 saturated carbocycles. The second kappa shape index (κ2) is 6.73. The Morgan fingerprint density at radius 1 is 1.10 bits per heavy atom. The molecule has 2 rings (SSSR count). The van der Waals surface area contributed by atoms with Crippen LogP contribution in [0.15, 0.2) is 24.3 Å². The number of nitrogens with zero attached hydrogens (tertiary/aromatic N) is 1. The van der Waals surface area contributed by atoms with E-state index in [0.29, 0.717) is 6.04 Å². The van der Waals surface area contributed by atoms with Gasteiger partial charge >= 0.3 is 0 Å². The van der Waals surface area contributed by atoms with Crippen LogP contribution in [0, 0.1) is 0 Å². The predicted octanol–water partition coefficient (Wildman–Crippen LogP) is 3.73. The van der Waals surface area contributed by atoms with Crippen LogP contribution < -0.4 is 5.32 Å². The predicted molar refractivity (Wildman–Crippen MR) is 87.2 cm³/mol. The average Bonchev–Trinajstić information content (AvgIpc) is 2.90. The molecule has 1 heterocycles. The van der Waals surface area contributed by atoms with Gasteiger partial charge in [0, 0.05) is 12.6 Å². The van der Waals surface area contributed by atoms with Gasteiger partial charge in [-0.15, -0.1) is 0 Å². The van der Waals surface area contributed by atoms with E-state index in [2.05, 4.69) is 62.2 Å². The van der Waals surface area contributed by atoms with Crippen molar-refractivity contribution in [2.24, 2.45) is 0 Å². The Hall–Kier alpha value is -0.860. The number of hydrogen-bond donors (Lipinski definition) is 1. The van der Waals surface area contributed by atoms with Crippen LogP contribution in [0.2, 0.25) is 0 Å². The first-order chi connectivity index (χ1) is 9.50. The first-order valence-electron chi connectivity index (χ1n) is 8.07. The molecule has 1 fully saturated rings. The molecule has 0 bridgehead atoms. The van der Waals surface area contributed by atoms with Gasteiger partial charge in [-0.2, -0.15) is 0 Å². The fourth-order valence-corrected chi connectivity index (χ4v) is 2.97. The largest absolute Gasteiger partial charge is 0.309 e. The molecule has 1 N–H and O–H groups in total. The maximum Gasteiger partial charge on any atom is 0.0449 e. The molecular formula is C18H30N2. The second-order valence-corrected chi connectivity index (χ2v) is 6.99. The molecule has 0 radical (unpaired) electrons. The van der Waals surface area contributed by atoms with Gasteiger partial charge in [-0.05, 0) is 49.0 Å². The average molecular weight is 274 g/mol. The van der Waals surface area contributed by atoms with E-state index in [-0.39, 0.29) is 5.41 Å². The van der Waals surface area contributed by atoms with Crippen LogP contribution in [0.25, 0.3) is 0 Å². The molecule has 1 aromatic rings. The molecule has 2 heteroatoms. The van der Waals surface area contributed by atoms with Gasteiger partial charge in [0.25, 0.3) is 0 Å². The van der Waals surface area contributed by atoms with Crippen LogP contribution in [0.1, 0.15) is 57.7 Å². The van der Waals surface area contributed by atoms with E-state index >= 15 is 0 Å². The van der Waals surface area contributed by atoms with E-state index < -0.39 is 0 Å². The van der Waals surface area contributed by atoms with E-state index in [4.69, 9.17) is 0 Å². The SMILES string of the molecule is CCNC(CN1CCCC1)c1ccc(C(C)(C)C)cc1. The molecule has 2 nitrogen and oxygen atoms in total. The molecule has 1 unspecified atom stereocenters. The number of likely N-dealkylation sites (N-methyl/N-ethyl adjacent to an activating group) is 1. The zero-order valence-corrected chi connectivity index (χ0v) is 13.6. The Morgan fingerprint density at radius 2 is 1.70 bits per heavy atom. The number of likely N-dealkylation sites (tertiary alicyclic amines) is 1. The first kappa shape index (κ1) is 15.5. The third-order valence-electron chi connectivity index (χ3n) is 4.27. The van der Waals surface area contributed by atoms with Crippen LogP contribution in [-0.2, 0) is 5.41 Å². The highest BCUT2D eigenvalue weighted by molar-refractivity contribution is 5.29. The van der Waals surface area contributed by atoms with Gasteiger partial charge in [0.2, 0.25) is 0 Å². The third-order valence-corrected chi connectivity index (χ3v) is 4.27. The summed E-state index contributed by atoms with van der Waals surface area (Å²) < 4.78 is 0. The molecule has 0 aromatic heterocycles. The molecular weight excluding hydrogens is 244 g/mol. The van der Waals surface area contributed by atoms with Crippen molar-refractivity contribution in [2.45, 2.75) is 52.0 Å². The lowest BCUT2D eigenvalue weighted by atomic mass is 9.86. The number of benzene rings is 1. The molecule has 0 spiro atoms. The van der Waals surface area contributed by atoms with E-state index in [1.165, 1.54) is 37.1 Å². The second-order valence-electron chi connectivity index (χ2n) is 6.99. The molecule has 20 heavy (non-hydrogen) atoms. The van der Waals surface area contributed by atoms with Crippen molar-refractivity contribution in [2.75, 3.05) is 26.2 Å². The van der Waals surface area contributed by atoms with Gasteiger partial charge in [0.1, 0.15) is 0 Å². The van der Waals surface area contributed by atoms with Crippen LogP contribution in [0.3, 0.4) is 0 Å². The van der Waals surface area contributed by atoms with Crippen molar-refractivity contribution in [3.63, 3.8) is 0 Å². The van der Waals surface area contributed by atoms with Gasteiger partial charge in [-0.25, -0.2) is 0 Å². The van der Waals surface area contributed by atoms with Crippen molar-refractivity contribution in [3.8, 4) is 0 Å². The van der Waals surface area contributed by atoms with Gasteiger partial charge in [0.15, 0.2) is 0 Å². The van der Waals surface area contributed by atoms with Crippen LogP contribution >= 0.6 is 0 Å². The van der Waals surface area contributed by atoms with E-state index in [1.807, 2.05) is 0 Å². The highest BCUT2D eigenvalue weighted by Gasteiger charge is 2.19. The molecule has 0 amide bonds. The summed E-state index contributed by atoms with van der Waals surface area (Å²) in [5.74, 6) is 0. The molecule has 1 saturated heterocycles. The fraction of sp³-hybridized carbons (Fsp3) is 0.667. The quantitative estimate of drug-likeness (QED) is 0.880. The van der Waals surface area contributed by atoms with Crippen molar-refractivity contribution in [1.29, 1.82) is 0 Å². The summed E-state index contributed by atoms with van der Waals surface area (Å²) in [5.41, 5.74) is 3.07. The van der Waals surface area contributed by atoms with Crippen molar-refractivity contribution in [3.05, 3.63) is 35.4 Å². The van der Waals surface area contributed by atoms with E-state index in [0.717, 1.165) is 13.1 Å². The van der Waals surface area contributed by atoms with Crippen LogP contribution in [0.5, 0.6) is 0 Å². The molecule has 112 valence electrons. The Morgan fingerprint density at radius 3 is 2.20 bits per heavy atom. The topological polar surface area (TPSA) is 15.3 Å². The summed E-state index contributed by atoms with van der Waals surface area (Å²) >= 11 is 0. The smallest absolute Gasteiger partial charge is 0.0449 e. The standard InChI is InChI=1S/C18H30N2/c1-5-19-17(14-20-12-6-7-13-20)15-8-10-16(11-9-15)18(2,3)4/h8-11,17,19H,5-7,12-14H2,1-4H3. The number of hydrogen-bond acceptors (Lipinski definition) is 2. The molecule has 0 aliphatic carbocycles. The molecule has 1 aliphatic heterocycles. The minimum atomic E-state index is 0.237. The van der Waals surface area contributed by atoms with Crippen molar-refractivity contribution >= 4 is 0 Å². The zero-order chi connectivity index (χ0) is 14.6. The van der Waals surface area contributed by atoms with Crippen LogP contribution in [0.4, 0.5) is 0 Å². The van der Waals surface area contributed by atoms with E-state index in [9.17, 15) is 0 Å². The van der Waals surface area contributed by atoms with Gasteiger partial charge < -0.3 is 10.2 Å². The van der Waals surface area contributed by atoms with Gasteiger partial charge in [-0.3, -0.25) is 0 Å². The Balaban J connectivity index is 2.08. The molecule has 1 aliphatic rings. The lowest BCUT2D eigenvalue weighted by molar-refractivity contribution is 0.294. The normalized spacial score (nSPS) is 18.4. The number of rotatable bonds is 5. The molecule has 1 aromatic carbocycles. The summed E-state index contributed by atoms with van der Waals surface area (Å²) in [6.45, 7) is 13.7. The van der Waals surface area contributed by atoms with Crippen molar-refractivity contribution in [1.82, 2.24) is 10.2 Å². The summed E-state index contributed by atoms with van der Waals surface area (Å²) in [6.07, 6.45) is 2.73. The Labute approximate surface area is 124 Å². The van der Waals surface area contributed by atoms with E-state index in [1.54, 1.807) is 0 Å². The Kier molecular flexibility index (Phi) is 5.22. The minimum Gasteiger partial charge on any atom is -0.309 e. The monoisotopic (exact) mass is 274 g/mol. The summed E-state index contributed by atoms with van der Waals surface area (Å²) in [5, 5.41) is 3.64. The highest BCUT2D eigenvalue weighted by Crippen LogP contribution is 2.24. The lowest BCUT2D eigenvalue weighted by Crippen LogP contribution is -2.33. The zero-order valence-electron chi connectivity index (χ0n) is 13.6. The molecule has 1 atom stereocenters. The number of nitrogens with one attached hydrogen (secondary N) is 1. The van der Waals surface area contributed by atoms with Crippen LogP contribution in [-0.4, -0.2) is 31.1 Å². The van der Waals surface area contributed by atoms with Gasteiger partial charge in [-0.1, -0.05) is 52.0 Å². The first-order valence-corrected chi connectivity index (χ1v) is 8.07. The lowest BCUT2D eigenvalue weighted by Gasteiger charge is -2.26. The minimum absolute atomic E-state index is 0.237. The summed E-state index contributed by atoms with van der Waals surface area (Å²) in [4.78, 5) is 2.59.